The Balaban J connectivity index is 0.00000120. The van der Waals surface area contributed by atoms with Gasteiger partial charge in [0.05, 0.1) is 0 Å². The largest absolute Gasteiger partial charge is 0.454 e. The molecule has 1 N–H and O–H groups in total. The van der Waals surface area contributed by atoms with Crippen LogP contribution in [0.1, 0.15) is 5.56 Å². The molecule has 0 fully saturated rings. The Bertz CT molecular complexity index is 516. The molecule has 0 atom stereocenters. The van der Waals surface area contributed by atoms with Gasteiger partial charge < -0.3 is 14.8 Å². The third-order valence-corrected chi connectivity index (χ3v) is 2.71. The minimum absolute atomic E-state index is 0. The van der Waals surface area contributed by atoms with Crippen molar-refractivity contribution >= 4 is 18.1 Å². The maximum absolute atomic E-state index is 5.34. The van der Waals surface area contributed by atoms with Gasteiger partial charge in [0.15, 0.2) is 11.5 Å². The smallest absolute Gasteiger partial charge is 0.231 e. The van der Waals surface area contributed by atoms with Crippen molar-refractivity contribution in [3.63, 3.8) is 0 Å². The van der Waals surface area contributed by atoms with Crippen molar-refractivity contribution < 1.29 is 9.47 Å². The van der Waals surface area contributed by atoms with Crippen LogP contribution in [0.15, 0.2) is 48.5 Å². The minimum atomic E-state index is 0. The van der Waals surface area contributed by atoms with Crippen molar-refractivity contribution in [2.75, 3.05) is 12.1 Å². The summed E-state index contributed by atoms with van der Waals surface area (Å²) in [5.41, 5.74) is 2.29. The average Bonchev–Trinajstić information content (AvgIpc) is 2.85. The van der Waals surface area contributed by atoms with Gasteiger partial charge in [-0.1, -0.05) is 24.3 Å². The molecular weight excluding hydrogens is 250 g/mol. The fraction of sp³-hybridized carbons (Fsp3) is 0.143. The van der Waals surface area contributed by atoms with E-state index in [0.29, 0.717) is 6.79 Å². The standard InChI is InChI=1S/C14H13NO2.ClH/c1-2-4-12(5-3-1)15-9-11-6-7-13-14(8-11)17-10-16-13;/h1-8,15H,9-10H2;1H. The molecule has 18 heavy (non-hydrogen) atoms. The molecule has 0 bridgehead atoms. The second-order valence-corrected chi connectivity index (χ2v) is 3.91. The zero-order valence-corrected chi connectivity index (χ0v) is 10.6. The fourth-order valence-corrected chi connectivity index (χ4v) is 1.81. The summed E-state index contributed by atoms with van der Waals surface area (Å²) >= 11 is 0. The molecule has 1 aliphatic rings. The van der Waals surface area contributed by atoms with Gasteiger partial charge in [0.25, 0.3) is 0 Å². The predicted molar refractivity (Wildman–Crippen MR) is 73.6 cm³/mol. The maximum atomic E-state index is 5.34. The molecule has 4 heteroatoms. The zero-order chi connectivity index (χ0) is 11.5. The molecule has 0 saturated carbocycles. The summed E-state index contributed by atoms with van der Waals surface area (Å²) < 4.78 is 10.6. The van der Waals surface area contributed by atoms with Gasteiger partial charge in [0.1, 0.15) is 0 Å². The van der Waals surface area contributed by atoms with Gasteiger partial charge in [-0.15, -0.1) is 12.4 Å². The summed E-state index contributed by atoms with van der Waals surface area (Å²) in [6.45, 7) is 1.10. The van der Waals surface area contributed by atoms with E-state index in [1.165, 1.54) is 5.56 Å². The van der Waals surface area contributed by atoms with Gasteiger partial charge in [-0.3, -0.25) is 0 Å². The zero-order valence-electron chi connectivity index (χ0n) is 9.76. The highest BCUT2D eigenvalue weighted by atomic mass is 35.5. The molecule has 94 valence electrons. The highest BCUT2D eigenvalue weighted by molar-refractivity contribution is 5.85. The van der Waals surface area contributed by atoms with E-state index < -0.39 is 0 Å². The SMILES string of the molecule is Cl.c1ccc(NCc2ccc3c(c2)OCO3)cc1. The number of ether oxygens (including phenoxy) is 2. The lowest BCUT2D eigenvalue weighted by atomic mass is 10.2. The number of halogens is 1. The molecule has 0 aromatic heterocycles. The van der Waals surface area contributed by atoms with E-state index in [-0.39, 0.29) is 12.4 Å². The van der Waals surface area contributed by atoms with Gasteiger partial charge in [0.2, 0.25) is 6.79 Å². The summed E-state index contributed by atoms with van der Waals surface area (Å²) in [5.74, 6) is 1.66. The van der Waals surface area contributed by atoms with Crippen LogP contribution in [0.2, 0.25) is 0 Å². The number of nitrogens with one attached hydrogen (secondary N) is 1. The molecule has 0 radical (unpaired) electrons. The first-order valence-electron chi connectivity index (χ1n) is 5.59. The molecule has 0 unspecified atom stereocenters. The third kappa shape index (κ3) is 2.68. The number of anilines is 1. The van der Waals surface area contributed by atoms with Crippen molar-refractivity contribution in [1.82, 2.24) is 0 Å². The van der Waals surface area contributed by atoms with Crippen molar-refractivity contribution in [1.29, 1.82) is 0 Å². The van der Waals surface area contributed by atoms with Crippen molar-refractivity contribution in [3.8, 4) is 11.5 Å². The van der Waals surface area contributed by atoms with Gasteiger partial charge in [-0.05, 0) is 29.8 Å². The predicted octanol–water partition coefficient (Wildman–Crippen LogP) is 3.45. The Labute approximate surface area is 112 Å². The average molecular weight is 264 g/mol. The van der Waals surface area contributed by atoms with E-state index in [9.17, 15) is 0 Å². The topological polar surface area (TPSA) is 30.5 Å². The molecule has 2 aromatic rings. The van der Waals surface area contributed by atoms with Crippen LogP contribution in [0.25, 0.3) is 0 Å². The first-order chi connectivity index (χ1) is 8.42. The molecule has 3 rings (SSSR count). The summed E-state index contributed by atoms with van der Waals surface area (Å²) in [5, 5.41) is 3.36. The molecule has 0 spiro atoms. The van der Waals surface area contributed by atoms with Crippen LogP contribution in [-0.4, -0.2) is 6.79 Å². The van der Waals surface area contributed by atoms with E-state index >= 15 is 0 Å². The van der Waals surface area contributed by atoms with E-state index in [0.717, 1.165) is 23.7 Å². The normalized spacial score (nSPS) is 11.8. The van der Waals surface area contributed by atoms with Crippen LogP contribution < -0.4 is 14.8 Å². The lowest BCUT2D eigenvalue weighted by molar-refractivity contribution is 0.174. The van der Waals surface area contributed by atoms with E-state index in [4.69, 9.17) is 9.47 Å². The van der Waals surface area contributed by atoms with Crippen LogP contribution in [0.5, 0.6) is 11.5 Å². The number of hydrogen-bond acceptors (Lipinski definition) is 3. The molecule has 0 aliphatic carbocycles. The van der Waals surface area contributed by atoms with E-state index in [1.807, 2.05) is 48.5 Å². The Morgan fingerprint density at radius 1 is 0.944 bits per heavy atom. The highest BCUT2D eigenvalue weighted by Crippen LogP contribution is 2.32. The number of rotatable bonds is 3. The summed E-state index contributed by atoms with van der Waals surface area (Å²) in [6, 6.07) is 16.1. The molecule has 0 saturated heterocycles. The van der Waals surface area contributed by atoms with Crippen LogP contribution >= 0.6 is 12.4 Å². The van der Waals surface area contributed by atoms with Crippen molar-refractivity contribution in [3.05, 3.63) is 54.1 Å². The molecule has 3 nitrogen and oxygen atoms in total. The summed E-state index contributed by atoms with van der Waals surface area (Å²) in [4.78, 5) is 0. The second kappa shape index (κ2) is 5.65. The monoisotopic (exact) mass is 263 g/mol. The van der Waals surface area contributed by atoms with E-state index in [1.54, 1.807) is 0 Å². The van der Waals surface area contributed by atoms with Gasteiger partial charge >= 0.3 is 0 Å². The van der Waals surface area contributed by atoms with Crippen LogP contribution in [0.3, 0.4) is 0 Å². The number of para-hydroxylation sites is 1. The molecule has 1 aliphatic heterocycles. The highest BCUT2D eigenvalue weighted by Gasteiger charge is 2.12. The van der Waals surface area contributed by atoms with Crippen molar-refractivity contribution in [2.45, 2.75) is 6.54 Å². The summed E-state index contributed by atoms with van der Waals surface area (Å²) in [6.07, 6.45) is 0. The first kappa shape index (κ1) is 12.6. The van der Waals surface area contributed by atoms with Crippen LogP contribution in [0.4, 0.5) is 5.69 Å². The Morgan fingerprint density at radius 3 is 2.56 bits per heavy atom. The van der Waals surface area contributed by atoms with Crippen LogP contribution in [-0.2, 0) is 6.54 Å². The number of hydrogen-bond donors (Lipinski definition) is 1. The Hall–Kier alpha value is -1.87. The Kier molecular flexibility index (Phi) is 3.95. The van der Waals surface area contributed by atoms with Gasteiger partial charge in [-0.2, -0.15) is 0 Å². The van der Waals surface area contributed by atoms with E-state index in [2.05, 4.69) is 5.32 Å². The van der Waals surface area contributed by atoms with Gasteiger partial charge in [0, 0.05) is 12.2 Å². The first-order valence-corrected chi connectivity index (χ1v) is 5.59. The number of fused-ring (bicyclic) bond motifs is 1. The maximum Gasteiger partial charge on any atom is 0.231 e. The van der Waals surface area contributed by atoms with Gasteiger partial charge in [-0.25, -0.2) is 0 Å². The molecule has 0 amide bonds. The van der Waals surface area contributed by atoms with Crippen LogP contribution in [0, 0.1) is 0 Å². The number of benzene rings is 2. The second-order valence-electron chi connectivity index (χ2n) is 3.91. The lowest BCUT2D eigenvalue weighted by Crippen LogP contribution is -1.98. The molecule has 2 aromatic carbocycles. The summed E-state index contributed by atoms with van der Waals surface area (Å²) in [7, 11) is 0. The lowest BCUT2D eigenvalue weighted by Gasteiger charge is -2.06. The third-order valence-electron chi connectivity index (χ3n) is 2.71. The van der Waals surface area contributed by atoms with Crippen molar-refractivity contribution in [2.24, 2.45) is 0 Å². The fourth-order valence-electron chi connectivity index (χ4n) is 1.81. The molecular formula is C14H14ClNO2. The molecule has 1 heterocycles. The Morgan fingerprint density at radius 2 is 1.72 bits per heavy atom. The minimum Gasteiger partial charge on any atom is -0.454 e. The quantitative estimate of drug-likeness (QED) is 0.920.